The topological polar surface area (TPSA) is 117 Å². The summed E-state index contributed by atoms with van der Waals surface area (Å²) in [7, 11) is 0. The maximum atomic E-state index is 12.4. The average molecular weight is 340 g/mol. The second kappa shape index (κ2) is 6.15. The summed E-state index contributed by atoms with van der Waals surface area (Å²) in [6.45, 7) is 3.06. The van der Waals surface area contributed by atoms with E-state index in [0.717, 1.165) is 30.9 Å². The van der Waals surface area contributed by atoms with Crippen LogP contribution in [0.25, 0.3) is 11.2 Å². The summed E-state index contributed by atoms with van der Waals surface area (Å²) in [4.78, 5) is 29.2. The monoisotopic (exact) mass is 340 g/mol. The summed E-state index contributed by atoms with van der Waals surface area (Å²) in [6, 6.07) is -0.110. The Morgan fingerprint density at radius 3 is 3.08 bits per heavy atom. The van der Waals surface area contributed by atoms with Gasteiger partial charge in [0.2, 0.25) is 5.91 Å². The van der Waals surface area contributed by atoms with Gasteiger partial charge in [0.05, 0.1) is 24.3 Å². The molecule has 4 heterocycles. The molecule has 3 aromatic rings. The van der Waals surface area contributed by atoms with Crippen LogP contribution in [0, 0.1) is 0 Å². The minimum absolute atomic E-state index is 0.110. The molecule has 1 aliphatic heterocycles. The Labute approximate surface area is 144 Å². The van der Waals surface area contributed by atoms with Crippen molar-refractivity contribution in [3.63, 3.8) is 0 Å². The Morgan fingerprint density at radius 2 is 2.20 bits per heavy atom. The van der Waals surface area contributed by atoms with E-state index in [4.69, 9.17) is 5.73 Å². The predicted octanol–water partition coefficient (Wildman–Crippen LogP) is 0.819. The summed E-state index contributed by atoms with van der Waals surface area (Å²) in [5.74, 6) is 1.30. The molecule has 0 spiro atoms. The fraction of sp³-hybridized carbons (Fsp3) is 0.438. The molecule has 4 rings (SSSR count). The third-order valence-corrected chi connectivity index (χ3v) is 4.57. The minimum atomic E-state index is -0.115. The number of hydrogen-bond donors (Lipinski definition) is 2. The Kier molecular flexibility index (Phi) is 3.83. The van der Waals surface area contributed by atoms with E-state index in [-0.39, 0.29) is 18.5 Å². The van der Waals surface area contributed by atoms with Crippen LogP contribution in [0.1, 0.15) is 37.3 Å². The number of nitrogen functional groups attached to an aromatic ring is 1. The van der Waals surface area contributed by atoms with Gasteiger partial charge in [-0.25, -0.2) is 19.9 Å². The van der Waals surface area contributed by atoms with Crippen molar-refractivity contribution in [3.05, 3.63) is 30.4 Å². The number of carbonyl (C=O) groups excluding carboxylic acids is 1. The average Bonchev–Trinajstić information content (AvgIpc) is 3.20. The molecule has 3 aromatic heterocycles. The van der Waals surface area contributed by atoms with Crippen LogP contribution in [-0.2, 0) is 24.3 Å². The quantitative estimate of drug-likeness (QED) is 0.726. The molecule has 0 radical (unpaired) electrons. The van der Waals surface area contributed by atoms with E-state index in [1.807, 2.05) is 13.1 Å². The maximum absolute atomic E-state index is 12.4. The van der Waals surface area contributed by atoms with Crippen molar-refractivity contribution < 1.29 is 4.79 Å². The molecule has 0 saturated heterocycles. The highest BCUT2D eigenvalue weighted by Crippen LogP contribution is 2.21. The van der Waals surface area contributed by atoms with Crippen molar-refractivity contribution in [2.24, 2.45) is 0 Å². The number of nitrogens with zero attached hydrogens (tertiary/aromatic N) is 6. The van der Waals surface area contributed by atoms with Gasteiger partial charge in [-0.2, -0.15) is 0 Å². The van der Waals surface area contributed by atoms with Crippen LogP contribution in [-0.4, -0.2) is 35.0 Å². The van der Waals surface area contributed by atoms with Gasteiger partial charge >= 0.3 is 0 Å². The number of nitrogens with two attached hydrogens (primary N) is 1. The van der Waals surface area contributed by atoms with E-state index in [2.05, 4.69) is 29.8 Å². The standard InChI is InChI=1S/C16H20N8O/c1-10(11-6-18-12-4-2-3-5-24(11)12)22-13(25)7-23-9-21-14-15(17)19-8-20-16(14)23/h6,8-10H,2-5,7H2,1H3,(H,22,25)(H2,17,19,20). The van der Waals surface area contributed by atoms with E-state index in [1.54, 1.807) is 10.9 Å². The van der Waals surface area contributed by atoms with Crippen molar-refractivity contribution in [3.8, 4) is 0 Å². The lowest BCUT2D eigenvalue weighted by atomic mass is 10.1. The second-order valence-corrected chi connectivity index (χ2v) is 6.30. The number of amides is 1. The number of carbonyl (C=O) groups is 1. The normalized spacial score (nSPS) is 15.1. The van der Waals surface area contributed by atoms with Gasteiger partial charge in [0.1, 0.15) is 24.2 Å². The van der Waals surface area contributed by atoms with Gasteiger partial charge < -0.3 is 20.2 Å². The zero-order chi connectivity index (χ0) is 17.4. The lowest BCUT2D eigenvalue weighted by molar-refractivity contribution is -0.122. The van der Waals surface area contributed by atoms with Crippen molar-refractivity contribution in [2.45, 2.75) is 45.3 Å². The number of fused-ring (bicyclic) bond motifs is 2. The lowest BCUT2D eigenvalue weighted by Crippen LogP contribution is -2.31. The van der Waals surface area contributed by atoms with Crippen LogP contribution < -0.4 is 11.1 Å². The maximum Gasteiger partial charge on any atom is 0.240 e. The molecule has 0 fully saturated rings. The first-order valence-electron chi connectivity index (χ1n) is 8.38. The summed E-state index contributed by atoms with van der Waals surface area (Å²) in [6.07, 6.45) is 8.12. The van der Waals surface area contributed by atoms with E-state index >= 15 is 0 Å². The Morgan fingerprint density at radius 1 is 1.32 bits per heavy atom. The Hall–Kier alpha value is -2.97. The molecule has 9 heteroatoms. The minimum Gasteiger partial charge on any atom is -0.382 e. The lowest BCUT2D eigenvalue weighted by Gasteiger charge is -2.20. The molecule has 0 aliphatic carbocycles. The number of aromatic nitrogens is 6. The van der Waals surface area contributed by atoms with Crippen LogP contribution in [0.4, 0.5) is 5.82 Å². The van der Waals surface area contributed by atoms with Gasteiger partial charge in [0, 0.05) is 13.0 Å². The molecule has 9 nitrogen and oxygen atoms in total. The third-order valence-electron chi connectivity index (χ3n) is 4.57. The molecule has 0 bridgehead atoms. The highest BCUT2D eigenvalue weighted by molar-refractivity contribution is 5.83. The molecule has 0 aromatic carbocycles. The number of anilines is 1. The Bertz CT molecular complexity index is 928. The van der Waals surface area contributed by atoms with Crippen molar-refractivity contribution >= 4 is 22.9 Å². The van der Waals surface area contributed by atoms with Crippen LogP contribution in [0.3, 0.4) is 0 Å². The number of imidazole rings is 2. The first-order chi connectivity index (χ1) is 12.1. The van der Waals surface area contributed by atoms with Crippen LogP contribution in [0.5, 0.6) is 0 Å². The van der Waals surface area contributed by atoms with E-state index in [0.29, 0.717) is 17.0 Å². The molecule has 0 saturated carbocycles. The van der Waals surface area contributed by atoms with Gasteiger partial charge in [0.25, 0.3) is 0 Å². The molecule has 1 unspecified atom stereocenters. The van der Waals surface area contributed by atoms with E-state index in [9.17, 15) is 4.79 Å². The third kappa shape index (κ3) is 2.81. The molecule has 130 valence electrons. The van der Waals surface area contributed by atoms with Crippen LogP contribution >= 0.6 is 0 Å². The fourth-order valence-electron chi connectivity index (χ4n) is 3.32. The Balaban J connectivity index is 1.48. The van der Waals surface area contributed by atoms with Crippen molar-refractivity contribution in [1.29, 1.82) is 0 Å². The summed E-state index contributed by atoms with van der Waals surface area (Å²) < 4.78 is 3.89. The first kappa shape index (κ1) is 15.6. The van der Waals surface area contributed by atoms with Gasteiger partial charge in [-0.1, -0.05) is 0 Å². The van der Waals surface area contributed by atoms with Crippen LogP contribution in [0.2, 0.25) is 0 Å². The highest BCUT2D eigenvalue weighted by Gasteiger charge is 2.20. The molecule has 1 amide bonds. The largest absolute Gasteiger partial charge is 0.382 e. The summed E-state index contributed by atoms with van der Waals surface area (Å²) in [5, 5.41) is 3.03. The summed E-state index contributed by atoms with van der Waals surface area (Å²) >= 11 is 0. The zero-order valence-corrected chi connectivity index (χ0v) is 14.0. The number of rotatable bonds is 4. The number of aryl methyl sites for hydroxylation is 1. The predicted molar refractivity (Wildman–Crippen MR) is 91.5 cm³/mol. The summed E-state index contributed by atoms with van der Waals surface area (Å²) in [5.41, 5.74) is 7.88. The van der Waals surface area contributed by atoms with Crippen LogP contribution in [0.15, 0.2) is 18.9 Å². The number of nitrogens with one attached hydrogen (secondary N) is 1. The molecule has 25 heavy (non-hydrogen) atoms. The molecule has 3 N–H and O–H groups in total. The van der Waals surface area contributed by atoms with Gasteiger partial charge in [-0.15, -0.1) is 0 Å². The fourth-order valence-corrected chi connectivity index (χ4v) is 3.32. The van der Waals surface area contributed by atoms with Gasteiger partial charge in [0.15, 0.2) is 11.5 Å². The smallest absolute Gasteiger partial charge is 0.240 e. The highest BCUT2D eigenvalue weighted by atomic mass is 16.2. The SMILES string of the molecule is CC(NC(=O)Cn1cnc2c(N)ncnc21)c1cnc2n1CCCC2. The second-order valence-electron chi connectivity index (χ2n) is 6.30. The first-order valence-corrected chi connectivity index (χ1v) is 8.38. The van der Waals surface area contributed by atoms with Gasteiger partial charge in [-0.05, 0) is 19.8 Å². The van der Waals surface area contributed by atoms with Gasteiger partial charge in [-0.3, -0.25) is 4.79 Å². The zero-order valence-electron chi connectivity index (χ0n) is 14.0. The molecule has 1 atom stereocenters. The molecular weight excluding hydrogens is 320 g/mol. The van der Waals surface area contributed by atoms with E-state index in [1.165, 1.54) is 12.7 Å². The van der Waals surface area contributed by atoms with E-state index < -0.39 is 0 Å². The van der Waals surface area contributed by atoms with Crippen molar-refractivity contribution in [1.82, 2.24) is 34.4 Å². The molecule has 1 aliphatic rings. The molecular formula is C16H20N8O. The van der Waals surface area contributed by atoms with Crippen molar-refractivity contribution in [2.75, 3.05) is 5.73 Å². The number of hydrogen-bond acceptors (Lipinski definition) is 6.